The average molecular weight is 332 g/mol. The van der Waals surface area contributed by atoms with E-state index in [0.29, 0.717) is 24.3 Å². The largest absolute Gasteiger partial charge is 0.370 e. The lowest BCUT2D eigenvalue weighted by molar-refractivity contribution is 0.0953. The highest BCUT2D eigenvalue weighted by molar-refractivity contribution is 7.84. The third kappa shape index (κ3) is 6.44. The van der Waals surface area contributed by atoms with Gasteiger partial charge in [0.15, 0.2) is 0 Å². The summed E-state index contributed by atoms with van der Waals surface area (Å²) in [5.41, 5.74) is 0.471. The molecule has 2 unspecified atom stereocenters. The summed E-state index contributed by atoms with van der Waals surface area (Å²) >= 11 is 5.93. The Labute approximate surface area is 133 Å². The summed E-state index contributed by atoms with van der Waals surface area (Å²) < 4.78 is 11.2. The van der Waals surface area contributed by atoms with E-state index in [1.807, 2.05) is 13.8 Å². The summed E-state index contributed by atoms with van der Waals surface area (Å²) in [7, 11) is -0.873. The molecule has 0 bridgehead atoms. The van der Waals surface area contributed by atoms with Gasteiger partial charge in [-0.25, -0.2) is 4.98 Å². The molecule has 0 aliphatic heterocycles. The van der Waals surface area contributed by atoms with E-state index in [0.717, 1.165) is 13.0 Å². The van der Waals surface area contributed by atoms with Crippen molar-refractivity contribution in [1.82, 2.24) is 10.3 Å². The molecule has 1 aromatic heterocycles. The SMILES string of the molecule is CCCNc1cc(C(=O)NCCC(C)S(C)=O)cc(Cl)n1. The van der Waals surface area contributed by atoms with Gasteiger partial charge in [0.05, 0.1) is 0 Å². The van der Waals surface area contributed by atoms with Gasteiger partial charge in [-0.05, 0) is 25.0 Å². The average Bonchev–Trinajstić information content (AvgIpc) is 2.44. The van der Waals surface area contributed by atoms with Gasteiger partial charge in [-0.15, -0.1) is 0 Å². The molecule has 1 heterocycles. The number of amides is 1. The first-order chi connectivity index (χ1) is 9.93. The zero-order chi connectivity index (χ0) is 15.8. The Bertz CT molecular complexity index is 511. The van der Waals surface area contributed by atoms with Crippen LogP contribution in [0, 0.1) is 0 Å². The molecule has 0 aromatic carbocycles. The van der Waals surface area contributed by atoms with E-state index in [1.165, 1.54) is 6.07 Å². The Hall–Kier alpha value is -1.14. The van der Waals surface area contributed by atoms with Gasteiger partial charge in [0, 0.05) is 41.0 Å². The van der Waals surface area contributed by atoms with Gasteiger partial charge < -0.3 is 10.6 Å². The minimum atomic E-state index is -0.873. The zero-order valence-electron chi connectivity index (χ0n) is 12.6. The minimum absolute atomic E-state index is 0.0631. The number of hydrogen-bond acceptors (Lipinski definition) is 4. The van der Waals surface area contributed by atoms with Crippen LogP contribution in [0.5, 0.6) is 0 Å². The fourth-order valence-corrected chi connectivity index (χ4v) is 2.29. The molecule has 7 heteroatoms. The number of rotatable bonds is 8. The van der Waals surface area contributed by atoms with Crippen LogP contribution in [0.1, 0.15) is 37.0 Å². The standard InChI is InChI=1S/C14H22ClN3O2S/c1-4-6-16-13-9-11(8-12(15)18-13)14(19)17-7-5-10(2)21(3)20/h8-10H,4-7H2,1-3H3,(H,16,18)(H,17,19). The lowest BCUT2D eigenvalue weighted by Crippen LogP contribution is -2.27. The summed E-state index contributed by atoms with van der Waals surface area (Å²) in [4.78, 5) is 16.2. The van der Waals surface area contributed by atoms with Crippen LogP contribution in [0.2, 0.25) is 5.15 Å². The van der Waals surface area contributed by atoms with Gasteiger partial charge in [0.1, 0.15) is 11.0 Å². The normalized spacial score (nSPS) is 13.5. The van der Waals surface area contributed by atoms with Crippen LogP contribution in [0.4, 0.5) is 5.82 Å². The van der Waals surface area contributed by atoms with Gasteiger partial charge in [0.25, 0.3) is 5.91 Å². The first-order valence-electron chi connectivity index (χ1n) is 6.96. The number of aromatic nitrogens is 1. The molecule has 0 fully saturated rings. The second-order valence-corrected chi connectivity index (χ2v) is 7.03. The zero-order valence-corrected chi connectivity index (χ0v) is 14.2. The van der Waals surface area contributed by atoms with E-state index >= 15 is 0 Å². The third-order valence-corrected chi connectivity index (χ3v) is 4.58. The fraction of sp³-hybridized carbons (Fsp3) is 0.571. The molecule has 1 amide bonds. The van der Waals surface area contributed by atoms with Crippen LogP contribution in [0.3, 0.4) is 0 Å². The lowest BCUT2D eigenvalue weighted by atomic mass is 10.2. The van der Waals surface area contributed by atoms with Crippen molar-refractivity contribution in [2.24, 2.45) is 0 Å². The summed E-state index contributed by atoms with van der Waals surface area (Å²) in [6.07, 6.45) is 3.30. The van der Waals surface area contributed by atoms with E-state index < -0.39 is 10.8 Å². The molecular formula is C14H22ClN3O2S. The summed E-state index contributed by atoms with van der Waals surface area (Å²) in [6, 6.07) is 3.22. The van der Waals surface area contributed by atoms with Gasteiger partial charge in [-0.3, -0.25) is 9.00 Å². The number of pyridine rings is 1. The van der Waals surface area contributed by atoms with Crippen LogP contribution in [0.25, 0.3) is 0 Å². The molecule has 21 heavy (non-hydrogen) atoms. The van der Waals surface area contributed by atoms with Crippen molar-refractivity contribution in [3.63, 3.8) is 0 Å². The number of nitrogens with zero attached hydrogens (tertiary/aromatic N) is 1. The van der Waals surface area contributed by atoms with Crippen LogP contribution < -0.4 is 10.6 Å². The first kappa shape index (κ1) is 17.9. The highest BCUT2D eigenvalue weighted by Crippen LogP contribution is 2.14. The van der Waals surface area contributed by atoms with Crippen molar-refractivity contribution in [3.05, 3.63) is 22.8 Å². The van der Waals surface area contributed by atoms with Crippen molar-refractivity contribution in [2.45, 2.75) is 31.9 Å². The number of nitrogens with one attached hydrogen (secondary N) is 2. The summed E-state index contributed by atoms with van der Waals surface area (Å²) in [6.45, 7) is 5.20. The molecule has 2 atom stereocenters. The van der Waals surface area contributed by atoms with Crippen molar-refractivity contribution < 1.29 is 9.00 Å². The number of carbonyl (C=O) groups is 1. The molecule has 0 saturated heterocycles. The number of anilines is 1. The Morgan fingerprint density at radius 1 is 1.43 bits per heavy atom. The smallest absolute Gasteiger partial charge is 0.251 e. The summed E-state index contributed by atoms with van der Waals surface area (Å²) in [5.74, 6) is 0.394. The number of carbonyl (C=O) groups excluding carboxylic acids is 1. The lowest BCUT2D eigenvalue weighted by Gasteiger charge is -2.10. The predicted molar refractivity (Wildman–Crippen MR) is 88.5 cm³/mol. The van der Waals surface area contributed by atoms with Gasteiger partial charge in [-0.1, -0.05) is 25.4 Å². The van der Waals surface area contributed by atoms with Crippen molar-refractivity contribution >= 4 is 34.1 Å². The highest BCUT2D eigenvalue weighted by atomic mass is 35.5. The molecule has 0 spiro atoms. The second kappa shape index (κ2) is 9.00. The summed E-state index contributed by atoms with van der Waals surface area (Å²) in [5, 5.41) is 6.26. The van der Waals surface area contributed by atoms with E-state index in [-0.39, 0.29) is 16.3 Å². The van der Waals surface area contributed by atoms with Gasteiger partial charge in [0.2, 0.25) is 0 Å². The molecule has 0 aliphatic carbocycles. The Balaban J connectivity index is 2.61. The molecule has 5 nitrogen and oxygen atoms in total. The van der Waals surface area contributed by atoms with Gasteiger partial charge in [-0.2, -0.15) is 0 Å². The van der Waals surface area contributed by atoms with Crippen molar-refractivity contribution in [1.29, 1.82) is 0 Å². The quantitative estimate of drug-likeness (QED) is 0.718. The molecule has 1 rings (SSSR count). The van der Waals surface area contributed by atoms with Crippen molar-refractivity contribution in [3.8, 4) is 0 Å². The topological polar surface area (TPSA) is 71.1 Å². The van der Waals surface area contributed by atoms with Crippen LogP contribution in [-0.2, 0) is 10.8 Å². The van der Waals surface area contributed by atoms with Gasteiger partial charge >= 0.3 is 0 Å². The second-order valence-electron chi connectivity index (χ2n) is 4.84. The molecule has 0 aliphatic rings. The van der Waals surface area contributed by atoms with E-state index in [2.05, 4.69) is 15.6 Å². The third-order valence-electron chi connectivity index (χ3n) is 3.02. The molecule has 0 radical (unpaired) electrons. The Morgan fingerprint density at radius 2 is 2.14 bits per heavy atom. The number of halogens is 1. The van der Waals surface area contributed by atoms with Crippen LogP contribution >= 0.6 is 11.6 Å². The monoisotopic (exact) mass is 331 g/mol. The highest BCUT2D eigenvalue weighted by Gasteiger charge is 2.11. The van der Waals surface area contributed by atoms with E-state index in [4.69, 9.17) is 11.6 Å². The minimum Gasteiger partial charge on any atom is -0.370 e. The molecule has 1 aromatic rings. The molecular weight excluding hydrogens is 310 g/mol. The maximum Gasteiger partial charge on any atom is 0.251 e. The molecule has 118 valence electrons. The molecule has 0 saturated carbocycles. The van der Waals surface area contributed by atoms with E-state index in [1.54, 1.807) is 12.3 Å². The maximum atomic E-state index is 12.1. The predicted octanol–water partition coefficient (Wildman–Crippen LogP) is 2.44. The van der Waals surface area contributed by atoms with Crippen LogP contribution in [-0.4, -0.2) is 39.7 Å². The van der Waals surface area contributed by atoms with Crippen molar-refractivity contribution in [2.75, 3.05) is 24.7 Å². The number of hydrogen-bond donors (Lipinski definition) is 2. The Morgan fingerprint density at radius 3 is 2.76 bits per heavy atom. The maximum absolute atomic E-state index is 12.1. The first-order valence-corrected chi connectivity index (χ1v) is 8.95. The molecule has 2 N–H and O–H groups in total. The Kier molecular flexibility index (Phi) is 7.67. The van der Waals surface area contributed by atoms with E-state index in [9.17, 15) is 9.00 Å². The van der Waals surface area contributed by atoms with Crippen LogP contribution in [0.15, 0.2) is 12.1 Å². The fourth-order valence-electron chi connectivity index (χ4n) is 1.63.